The molecule has 1 aromatic heterocycles. The van der Waals surface area contributed by atoms with E-state index in [-0.39, 0.29) is 6.04 Å². The molecular weight excluding hydrogens is 306 g/mol. The van der Waals surface area contributed by atoms with Crippen LogP contribution in [-0.4, -0.2) is 37.2 Å². The number of benzene rings is 1. The average molecular weight is 329 g/mol. The molecule has 2 aromatic rings. The second-order valence-electron chi connectivity index (χ2n) is 5.55. The molecule has 0 aliphatic heterocycles. The van der Waals surface area contributed by atoms with Gasteiger partial charge in [-0.25, -0.2) is 4.98 Å². The van der Waals surface area contributed by atoms with Gasteiger partial charge in [0, 0.05) is 25.4 Å². The van der Waals surface area contributed by atoms with Crippen molar-refractivity contribution in [3.63, 3.8) is 0 Å². The van der Waals surface area contributed by atoms with Crippen molar-refractivity contribution in [1.82, 2.24) is 4.98 Å². The fourth-order valence-electron chi connectivity index (χ4n) is 2.22. The van der Waals surface area contributed by atoms with Crippen LogP contribution in [0, 0.1) is 6.92 Å². The van der Waals surface area contributed by atoms with Gasteiger partial charge in [0.25, 0.3) is 5.91 Å². The maximum atomic E-state index is 11.6. The van der Waals surface area contributed by atoms with Gasteiger partial charge in [0.2, 0.25) is 0 Å². The lowest BCUT2D eigenvalue weighted by atomic mass is 10.2. The minimum Gasteiger partial charge on any atom is -0.383 e. The zero-order valence-corrected chi connectivity index (χ0v) is 13.9. The molecule has 0 aliphatic carbocycles. The van der Waals surface area contributed by atoms with E-state index in [1.807, 2.05) is 31.2 Å². The van der Waals surface area contributed by atoms with E-state index >= 15 is 0 Å². The van der Waals surface area contributed by atoms with E-state index in [0.29, 0.717) is 30.4 Å². The first-order chi connectivity index (χ1) is 11.5. The van der Waals surface area contributed by atoms with Crippen LogP contribution in [0.2, 0.25) is 0 Å². The predicted molar refractivity (Wildman–Crippen MR) is 95.6 cm³/mol. The zero-order chi connectivity index (χ0) is 17.5. The number of hydrogen-bond acceptors (Lipinski definition) is 6. The number of nitrogens with one attached hydrogen (secondary N) is 2. The summed E-state index contributed by atoms with van der Waals surface area (Å²) in [7, 11) is 1.60. The van der Waals surface area contributed by atoms with Crippen molar-refractivity contribution in [3.05, 3.63) is 47.5 Å². The van der Waals surface area contributed by atoms with E-state index in [0.717, 1.165) is 11.3 Å². The summed E-state index contributed by atoms with van der Waals surface area (Å²) in [5, 5.41) is 6.26. The predicted octanol–water partition coefficient (Wildman–Crippen LogP) is 1.62. The molecule has 0 saturated heterocycles. The largest absolute Gasteiger partial charge is 0.383 e. The van der Waals surface area contributed by atoms with E-state index in [2.05, 4.69) is 15.6 Å². The number of pyridine rings is 1. The lowest BCUT2D eigenvalue weighted by Gasteiger charge is -2.15. The minimum absolute atomic E-state index is 0.152. The van der Waals surface area contributed by atoms with Gasteiger partial charge in [0.1, 0.15) is 11.6 Å². The highest BCUT2D eigenvalue weighted by Crippen LogP contribution is 2.21. The molecule has 7 nitrogen and oxygen atoms in total. The first-order valence-corrected chi connectivity index (χ1v) is 7.62. The van der Waals surface area contributed by atoms with Gasteiger partial charge in [0.15, 0.2) is 0 Å². The van der Waals surface area contributed by atoms with Gasteiger partial charge in [-0.3, -0.25) is 4.79 Å². The summed E-state index contributed by atoms with van der Waals surface area (Å²) in [6.07, 6.45) is 0. The Morgan fingerprint density at radius 3 is 2.79 bits per heavy atom. The first-order valence-electron chi connectivity index (χ1n) is 7.62. The van der Waals surface area contributed by atoms with Crippen LogP contribution in [0.1, 0.15) is 15.9 Å². The highest BCUT2D eigenvalue weighted by molar-refractivity contribution is 5.98. The Morgan fingerprint density at radius 2 is 2.12 bits per heavy atom. The van der Waals surface area contributed by atoms with E-state index < -0.39 is 5.91 Å². The maximum absolute atomic E-state index is 11.6. The second kappa shape index (κ2) is 8.28. The van der Waals surface area contributed by atoms with Crippen LogP contribution in [0.15, 0.2) is 36.4 Å². The van der Waals surface area contributed by atoms with Crippen LogP contribution in [0.5, 0.6) is 0 Å². The molecular formula is C17H23N5O2. The molecule has 0 fully saturated rings. The van der Waals surface area contributed by atoms with Crippen LogP contribution in [0.25, 0.3) is 0 Å². The number of nitrogens with zero attached hydrogens (tertiary/aromatic N) is 1. The highest BCUT2D eigenvalue weighted by Gasteiger charge is 2.12. The summed E-state index contributed by atoms with van der Waals surface area (Å²) < 4.78 is 5.00. The van der Waals surface area contributed by atoms with E-state index in [1.54, 1.807) is 19.2 Å². The number of aromatic nitrogens is 1. The minimum atomic E-state index is -0.541. The number of anilines is 3. The fraction of sp³-hybridized carbons (Fsp3) is 0.294. The summed E-state index contributed by atoms with van der Waals surface area (Å²) in [6, 6.07) is 10.9. The summed E-state index contributed by atoms with van der Waals surface area (Å²) in [5.74, 6) is 0.459. The third-order valence-electron chi connectivity index (χ3n) is 3.37. The monoisotopic (exact) mass is 329 g/mol. The first kappa shape index (κ1) is 17.7. The van der Waals surface area contributed by atoms with Crippen LogP contribution in [0.4, 0.5) is 17.3 Å². The maximum Gasteiger partial charge on any atom is 0.252 e. The van der Waals surface area contributed by atoms with Crippen molar-refractivity contribution in [2.45, 2.75) is 13.0 Å². The van der Waals surface area contributed by atoms with Crippen molar-refractivity contribution in [3.8, 4) is 0 Å². The van der Waals surface area contributed by atoms with Crippen LogP contribution >= 0.6 is 0 Å². The molecule has 128 valence electrons. The molecule has 1 heterocycles. The van der Waals surface area contributed by atoms with E-state index in [4.69, 9.17) is 16.2 Å². The van der Waals surface area contributed by atoms with Gasteiger partial charge in [-0.1, -0.05) is 12.1 Å². The second-order valence-corrected chi connectivity index (χ2v) is 5.55. The molecule has 1 amide bonds. The lowest BCUT2D eigenvalue weighted by molar-refractivity contribution is 0.100. The smallest absolute Gasteiger partial charge is 0.252 e. The summed E-state index contributed by atoms with van der Waals surface area (Å²) in [6.45, 7) is 2.93. The third kappa shape index (κ3) is 4.94. The van der Waals surface area contributed by atoms with Crippen molar-refractivity contribution in [1.29, 1.82) is 0 Å². The SMILES string of the molecule is COCC(N)CNc1ccc(C(N)=O)c(Nc2cccc(C)c2)n1. The number of primary amides is 1. The standard InChI is InChI=1S/C17H23N5O2/c1-11-4-3-5-13(8-11)21-17-14(16(19)23)6-7-15(22-17)20-9-12(18)10-24-2/h3-8,12H,9-10,18H2,1-2H3,(H2,19,23)(H2,20,21,22). The molecule has 0 bridgehead atoms. The lowest BCUT2D eigenvalue weighted by Crippen LogP contribution is -2.33. The molecule has 24 heavy (non-hydrogen) atoms. The van der Waals surface area contributed by atoms with Crippen molar-refractivity contribution >= 4 is 23.2 Å². The van der Waals surface area contributed by atoms with E-state index in [1.165, 1.54) is 0 Å². The van der Waals surface area contributed by atoms with Gasteiger partial charge in [-0.05, 0) is 36.8 Å². The number of amides is 1. The molecule has 1 aromatic carbocycles. The number of methoxy groups -OCH3 is 1. The Kier molecular flexibility index (Phi) is 6.11. The van der Waals surface area contributed by atoms with Crippen molar-refractivity contribution < 1.29 is 9.53 Å². The van der Waals surface area contributed by atoms with Gasteiger partial charge in [-0.15, -0.1) is 0 Å². The quantitative estimate of drug-likeness (QED) is 0.585. The van der Waals surface area contributed by atoms with Crippen LogP contribution in [-0.2, 0) is 4.74 Å². The van der Waals surface area contributed by atoms with Crippen LogP contribution < -0.4 is 22.1 Å². The van der Waals surface area contributed by atoms with Gasteiger partial charge in [-0.2, -0.15) is 0 Å². The van der Waals surface area contributed by atoms with Crippen molar-refractivity contribution in [2.75, 3.05) is 30.9 Å². The molecule has 0 aliphatic rings. The van der Waals surface area contributed by atoms with Gasteiger partial charge in [0.05, 0.1) is 12.2 Å². The summed E-state index contributed by atoms with van der Waals surface area (Å²) in [5.41, 5.74) is 13.6. The molecule has 0 spiro atoms. The number of carbonyl (C=O) groups excluding carboxylic acids is 1. The van der Waals surface area contributed by atoms with E-state index in [9.17, 15) is 4.79 Å². The Labute approximate surface area is 141 Å². The summed E-state index contributed by atoms with van der Waals surface area (Å²) >= 11 is 0. The molecule has 1 unspecified atom stereocenters. The van der Waals surface area contributed by atoms with Crippen molar-refractivity contribution in [2.24, 2.45) is 11.5 Å². The Bertz CT molecular complexity index is 705. The van der Waals surface area contributed by atoms with Crippen LogP contribution in [0.3, 0.4) is 0 Å². The molecule has 1 atom stereocenters. The summed E-state index contributed by atoms with van der Waals surface area (Å²) in [4.78, 5) is 16.1. The normalized spacial score (nSPS) is 11.8. The Balaban J connectivity index is 2.20. The van der Waals surface area contributed by atoms with Gasteiger partial charge >= 0.3 is 0 Å². The fourth-order valence-corrected chi connectivity index (χ4v) is 2.22. The Morgan fingerprint density at radius 1 is 1.33 bits per heavy atom. The average Bonchev–Trinajstić information content (AvgIpc) is 2.53. The Hall–Kier alpha value is -2.64. The molecule has 6 N–H and O–H groups in total. The zero-order valence-electron chi connectivity index (χ0n) is 13.9. The number of aryl methyl sites for hydroxylation is 1. The molecule has 0 saturated carbocycles. The number of ether oxygens (including phenoxy) is 1. The highest BCUT2D eigenvalue weighted by atomic mass is 16.5. The topological polar surface area (TPSA) is 115 Å². The number of rotatable bonds is 8. The molecule has 7 heteroatoms. The van der Waals surface area contributed by atoms with Gasteiger partial charge < -0.3 is 26.8 Å². The number of nitrogens with two attached hydrogens (primary N) is 2. The molecule has 0 radical (unpaired) electrons. The third-order valence-corrected chi connectivity index (χ3v) is 3.37. The number of hydrogen-bond donors (Lipinski definition) is 4. The number of carbonyl (C=O) groups is 1. The molecule has 2 rings (SSSR count).